The molecule has 1 aliphatic rings. The fourth-order valence-electron chi connectivity index (χ4n) is 1.29. The topological polar surface area (TPSA) is 90.2 Å². The molecule has 5 heteroatoms. The van der Waals surface area contributed by atoms with Crippen LogP contribution < -0.4 is 0 Å². The van der Waals surface area contributed by atoms with Crippen LogP contribution in [0.4, 0.5) is 0 Å². The summed E-state index contributed by atoms with van der Waals surface area (Å²) >= 11 is 0. The lowest BCUT2D eigenvalue weighted by atomic mass is 9.96. The average Bonchev–Trinajstić information content (AvgIpc) is 2.08. The molecule has 0 aromatic carbocycles. The number of hydrogen-bond acceptors (Lipinski definition) is 5. The van der Waals surface area contributed by atoms with E-state index in [-0.39, 0.29) is 6.61 Å². The van der Waals surface area contributed by atoms with E-state index < -0.39 is 30.5 Å². The molecule has 5 atom stereocenters. The Bertz CT molecular complexity index is 146. The maximum atomic E-state index is 9.23. The minimum Gasteiger partial charge on any atom is -0.394 e. The van der Waals surface area contributed by atoms with Crippen molar-refractivity contribution >= 4 is 0 Å². The van der Waals surface area contributed by atoms with Crippen LogP contribution >= 0.6 is 0 Å². The molecule has 4 N–H and O–H groups in total. The van der Waals surface area contributed by atoms with Crippen LogP contribution in [-0.4, -0.2) is 57.6 Å². The highest BCUT2D eigenvalue weighted by Gasteiger charge is 2.41. The summed E-state index contributed by atoms with van der Waals surface area (Å²) in [5, 5.41) is 36.4. The maximum Gasteiger partial charge on any atom is 0.111 e. The van der Waals surface area contributed by atoms with E-state index in [1.54, 1.807) is 6.92 Å². The van der Waals surface area contributed by atoms with Crippen molar-refractivity contribution in [2.24, 2.45) is 0 Å². The molecule has 0 bridgehead atoms. The fourth-order valence-corrected chi connectivity index (χ4v) is 1.29. The summed E-state index contributed by atoms with van der Waals surface area (Å²) < 4.78 is 5.02. The lowest BCUT2D eigenvalue weighted by Gasteiger charge is -2.38. The summed E-state index contributed by atoms with van der Waals surface area (Å²) in [6.07, 6.45) is -4.94. The number of aliphatic hydroxyl groups is 4. The van der Waals surface area contributed by atoms with Crippen molar-refractivity contribution in [1.29, 1.82) is 0 Å². The second kappa shape index (κ2) is 3.68. The zero-order valence-electron chi connectivity index (χ0n) is 6.79. The summed E-state index contributed by atoms with van der Waals surface area (Å²) in [6.45, 7) is 1.21. The Balaban J connectivity index is 2.63. The molecule has 1 heterocycles. The Kier molecular flexibility index (Phi) is 3.03. The fraction of sp³-hybridized carbons (Fsp3) is 1.00. The van der Waals surface area contributed by atoms with Crippen molar-refractivity contribution in [3.05, 3.63) is 0 Å². The minimum atomic E-state index is -1.24. The molecule has 0 radical (unpaired) electrons. The Hall–Kier alpha value is -0.200. The monoisotopic (exact) mass is 178 g/mol. The van der Waals surface area contributed by atoms with Gasteiger partial charge in [-0.3, -0.25) is 0 Å². The van der Waals surface area contributed by atoms with E-state index >= 15 is 0 Å². The molecule has 0 aromatic heterocycles. The summed E-state index contributed by atoms with van der Waals surface area (Å²) in [6, 6.07) is 0. The highest BCUT2D eigenvalue weighted by Crippen LogP contribution is 2.20. The van der Waals surface area contributed by atoms with Gasteiger partial charge in [-0.2, -0.15) is 0 Å². The quantitative estimate of drug-likeness (QED) is 0.367. The first-order valence-electron chi connectivity index (χ1n) is 3.88. The molecule has 0 spiro atoms. The Morgan fingerprint density at radius 1 is 1.08 bits per heavy atom. The predicted molar refractivity (Wildman–Crippen MR) is 39.4 cm³/mol. The second-order valence-corrected chi connectivity index (χ2v) is 3.03. The third-order valence-corrected chi connectivity index (χ3v) is 2.13. The first kappa shape index (κ1) is 9.88. The van der Waals surface area contributed by atoms with Crippen LogP contribution in [0.3, 0.4) is 0 Å². The van der Waals surface area contributed by atoms with Crippen molar-refractivity contribution in [1.82, 2.24) is 0 Å². The van der Waals surface area contributed by atoms with Gasteiger partial charge in [0.2, 0.25) is 0 Å². The lowest BCUT2D eigenvalue weighted by molar-refractivity contribution is -0.224. The largest absolute Gasteiger partial charge is 0.394 e. The molecule has 72 valence electrons. The van der Waals surface area contributed by atoms with Gasteiger partial charge in [0.25, 0.3) is 0 Å². The van der Waals surface area contributed by atoms with Gasteiger partial charge >= 0.3 is 0 Å². The molecule has 0 aliphatic carbocycles. The predicted octanol–water partition coefficient (Wildman–Crippen LogP) is -2.15. The Labute approximate surface area is 70.2 Å². The van der Waals surface area contributed by atoms with Gasteiger partial charge in [-0.05, 0) is 6.92 Å². The summed E-state index contributed by atoms with van der Waals surface area (Å²) in [5.41, 5.74) is 0. The van der Waals surface area contributed by atoms with Crippen LogP contribution in [0, 0.1) is 0 Å². The molecule has 1 aliphatic heterocycles. The molecular formula is C7H14O5. The zero-order valence-corrected chi connectivity index (χ0v) is 6.79. The van der Waals surface area contributed by atoms with E-state index in [9.17, 15) is 15.3 Å². The smallest absolute Gasteiger partial charge is 0.111 e. The molecular weight excluding hydrogens is 164 g/mol. The molecule has 1 saturated heterocycles. The third kappa shape index (κ3) is 1.60. The van der Waals surface area contributed by atoms with E-state index in [1.165, 1.54) is 0 Å². The van der Waals surface area contributed by atoms with Crippen LogP contribution in [0.5, 0.6) is 0 Å². The number of hydrogen-bond donors (Lipinski definition) is 4. The van der Waals surface area contributed by atoms with E-state index in [0.717, 1.165) is 0 Å². The van der Waals surface area contributed by atoms with Crippen LogP contribution in [0.2, 0.25) is 0 Å². The van der Waals surface area contributed by atoms with Gasteiger partial charge in [0, 0.05) is 0 Å². The average molecular weight is 178 g/mol. The molecule has 12 heavy (non-hydrogen) atoms. The molecule has 0 saturated carbocycles. The second-order valence-electron chi connectivity index (χ2n) is 3.03. The van der Waals surface area contributed by atoms with Crippen molar-refractivity contribution < 1.29 is 25.2 Å². The molecule has 1 rings (SSSR count). The third-order valence-electron chi connectivity index (χ3n) is 2.13. The molecule has 5 nitrogen and oxygen atoms in total. The highest BCUT2D eigenvalue weighted by molar-refractivity contribution is 4.89. The van der Waals surface area contributed by atoms with Crippen LogP contribution in [-0.2, 0) is 4.74 Å². The van der Waals surface area contributed by atoms with Gasteiger partial charge < -0.3 is 25.2 Å². The van der Waals surface area contributed by atoms with Gasteiger partial charge in [-0.15, -0.1) is 0 Å². The van der Waals surface area contributed by atoms with E-state index in [0.29, 0.717) is 0 Å². The Morgan fingerprint density at radius 3 is 2.17 bits per heavy atom. The summed E-state index contributed by atoms with van der Waals surface area (Å²) in [5.74, 6) is 0. The number of rotatable bonds is 1. The van der Waals surface area contributed by atoms with Crippen LogP contribution in [0.1, 0.15) is 6.92 Å². The minimum absolute atomic E-state index is 0.366. The maximum absolute atomic E-state index is 9.23. The Morgan fingerprint density at radius 2 is 1.67 bits per heavy atom. The number of aliphatic hydroxyl groups excluding tert-OH is 4. The highest BCUT2D eigenvalue weighted by atomic mass is 16.5. The van der Waals surface area contributed by atoms with Gasteiger partial charge in [0.05, 0.1) is 12.7 Å². The van der Waals surface area contributed by atoms with Crippen molar-refractivity contribution in [3.63, 3.8) is 0 Å². The van der Waals surface area contributed by atoms with Crippen molar-refractivity contribution in [2.45, 2.75) is 37.4 Å². The van der Waals surface area contributed by atoms with Gasteiger partial charge in [-0.1, -0.05) is 0 Å². The number of ether oxygens (including phenoxy) is 1. The molecule has 1 fully saturated rings. The normalized spacial score (nSPS) is 49.2. The SMILES string of the molecule is C[C@@H]1O[C@H](CO)C(O)[C@@H](O)C1O. The molecule has 0 aromatic rings. The van der Waals surface area contributed by atoms with Crippen molar-refractivity contribution in [3.8, 4) is 0 Å². The van der Waals surface area contributed by atoms with Gasteiger partial charge in [0.1, 0.15) is 24.4 Å². The van der Waals surface area contributed by atoms with Gasteiger partial charge in [0.15, 0.2) is 0 Å². The van der Waals surface area contributed by atoms with E-state index in [1.807, 2.05) is 0 Å². The van der Waals surface area contributed by atoms with E-state index in [4.69, 9.17) is 9.84 Å². The molecule has 0 amide bonds. The summed E-state index contributed by atoms with van der Waals surface area (Å²) in [7, 11) is 0. The van der Waals surface area contributed by atoms with Crippen LogP contribution in [0.25, 0.3) is 0 Å². The first-order chi connectivity index (χ1) is 5.57. The first-order valence-corrected chi connectivity index (χ1v) is 3.88. The van der Waals surface area contributed by atoms with Crippen molar-refractivity contribution in [2.75, 3.05) is 6.61 Å². The summed E-state index contributed by atoms with van der Waals surface area (Å²) in [4.78, 5) is 0. The molecule has 2 unspecified atom stereocenters. The van der Waals surface area contributed by atoms with Crippen LogP contribution in [0.15, 0.2) is 0 Å². The standard InChI is InChI=1S/C7H14O5/c1-3-5(9)7(11)6(10)4(2-8)12-3/h3-11H,2H2,1H3/t3-,4+,5?,6?,7-/m0/s1. The van der Waals surface area contributed by atoms with Gasteiger partial charge in [-0.25, -0.2) is 0 Å². The van der Waals surface area contributed by atoms with E-state index in [2.05, 4.69) is 0 Å². The zero-order chi connectivity index (χ0) is 9.30. The lowest BCUT2D eigenvalue weighted by Crippen LogP contribution is -2.57.